The molecule has 0 aromatic heterocycles. The van der Waals surface area contributed by atoms with Crippen LogP contribution in [0.3, 0.4) is 0 Å². The van der Waals surface area contributed by atoms with Crippen molar-refractivity contribution in [3.8, 4) is 0 Å². The predicted octanol–water partition coefficient (Wildman–Crippen LogP) is 2.82. The summed E-state index contributed by atoms with van der Waals surface area (Å²) in [6.45, 7) is 10.0. The molecule has 0 amide bonds. The van der Waals surface area contributed by atoms with Crippen LogP contribution >= 0.6 is 0 Å². The SMILES string of the molecule is CC(C)(C)OC[C@@]12CCCCN1CCC2. The van der Waals surface area contributed by atoms with Crippen molar-refractivity contribution in [2.75, 3.05) is 19.7 Å². The van der Waals surface area contributed by atoms with E-state index in [9.17, 15) is 0 Å². The molecule has 0 aromatic carbocycles. The molecule has 0 aromatic rings. The first-order valence-electron chi connectivity index (χ1n) is 6.41. The summed E-state index contributed by atoms with van der Waals surface area (Å²) < 4.78 is 6.03. The Balaban J connectivity index is 1.97. The van der Waals surface area contributed by atoms with Crippen molar-refractivity contribution in [2.45, 2.75) is 64.0 Å². The van der Waals surface area contributed by atoms with Crippen molar-refractivity contribution in [1.29, 1.82) is 0 Å². The number of hydrogen-bond acceptors (Lipinski definition) is 2. The maximum atomic E-state index is 6.03. The van der Waals surface area contributed by atoms with Gasteiger partial charge in [-0.3, -0.25) is 4.90 Å². The summed E-state index contributed by atoms with van der Waals surface area (Å²) in [5.41, 5.74) is 0.423. The largest absolute Gasteiger partial charge is 0.374 e. The summed E-state index contributed by atoms with van der Waals surface area (Å²) in [4.78, 5) is 2.68. The molecule has 88 valence electrons. The molecule has 15 heavy (non-hydrogen) atoms. The molecule has 1 atom stereocenters. The van der Waals surface area contributed by atoms with Crippen molar-refractivity contribution in [2.24, 2.45) is 0 Å². The van der Waals surface area contributed by atoms with Crippen LogP contribution in [0.25, 0.3) is 0 Å². The summed E-state index contributed by atoms with van der Waals surface area (Å²) in [5.74, 6) is 0. The lowest BCUT2D eigenvalue weighted by atomic mass is 9.87. The number of nitrogens with zero attached hydrogens (tertiary/aromatic N) is 1. The number of piperidine rings is 1. The lowest BCUT2D eigenvalue weighted by Crippen LogP contribution is -2.51. The monoisotopic (exact) mass is 211 g/mol. The predicted molar refractivity (Wildman–Crippen MR) is 63.1 cm³/mol. The molecule has 2 heteroatoms. The molecular weight excluding hydrogens is 186 g/mol. The summed E-state index contributed by atoms with van der Waals surface area (Å²) >= 11 is 0. The van der Waals surface area contributed by atoms with Gasteiger partial charge in [0.1, 0.15) is 0 Å². The Bertz CT molecular complexity index is 221. The topological polar surface area (TPSA) is 12.5 Å². The van der Waals surface area contributed by atoms with Crippen molar-refractivity contribution in [3.05, 3.63) is 0 Å². The maximum absolute atomic E-state index is 6.03. The molecule has 2 saturated heterocycles. The molecule has 0 radical (unpaired) electrons. The van der Waals surface area contributed by atoms with Gasteiger partial charge in [-0.25, -0.2) is 0 Å². The minimum atomic E-state index is 0.0143. The number of fused-ring (bicyclic) bond motifs is 1. The van der Waals surface area contributed by atoms with Gasteiger partial charge in [0.25, 0.3) is 0 Å². The van der Waals surface area contributed by atoms with E-state index in [1.807, 2.05) is 0 Å². The van der Waals surface area contributed by atoms with Gasteiger partial charge in [0, 0.05) is 5.54 Å². The van der Waals surface area contributed by atoms with E-state index in [4.69, 9.17) is 4.74 Å². The van der Waals surface area contributed by atoms with Crippen LogP contribution in [0, 0.1) is 0 Å². The van der Waals surface area contributed by atoms with Crippen LogP contribution in [0.5, 0.6) is 0 Å². The number of hydrogen-bond donors (Lipinski definition) is 0. The number of rotatable bonds is 2. The smallest absolute Gasteiger partial charge is 0.0657 e. The third kappa shape index (κ3) is 2.54. The molecule has 0 saturated carbocycles. The first-order valence-corrected chi connectivity index (χ1v) is 6.41. The quantitative estimate of drug-likeness (QED) is 0.696. The summed E-state index contributed by atoms with van der Waals surface area (Å²) in [5, 5.41) is 0. The summed E-state index contributed by atoms with van der Waals surface area (Å²) in [7, 11) is 0. The van der Waals surface area contributed by atoms with Gasteiger partial charge in [-0.05, 0) is 59.5 Å². The fraction of sp³-hybridized carbons (Fsp3) is 1.00. The second-order valence-corrected chi connectivity index (χ2v) is 6.17. The van der Waals surface area contributed by atoms with E-state index in [0.717, 1.165) is 6.61 Å². The average molecular weight is 211 g/mol. The Morgan fingerprint density at radius 2 is 1.73 bits per heavy atom. The minimum Gasteiger partial charge on any atom is -0.374 e. The van der Waals surface area contributed by atoms with Crippen LogP contribution in [0.1, 0.15) is 52.9 Å². The fourth-order valence-electron chi connectivity index (χ4n) is 2.97. The van der Waals surface area contributed by atoms with E-state index < -0.39 is 0 Å². The molecule has 0 spiro atoms. The Hall–Kier alpha value is -0.0800. The first kappa shape index (κ1) is 11.4. The third-order valence-electron chi connectivity index (χ3n) is 3.84. The second-order valence-electron chi connectivity index (χ2n) is 6.17. The summed E-state index contributed by atoms with van der Waals surface area (Å²) in [6, 6.07) is 0. The summed E-state index contributed by atoms with van der Waals surface area (Å²) in [6.07, 6.45) is 6.85. The van der Waals surface area contributed by atoms with E-state index >= 15 is 0 Å². The zero-order valence-electron chi connectivity index (χ0n) is 10.5. The highest BCUT2D eigenvalue weighted by atomic mass is 16.5. The highest BCUT2D eigenvalue weighted by Crippen LogP contribution is 2.38. The van der Waals surface area contributed by atoms with Gasteiger partial charge in [0.2, 0.25) is 0 Å². The molecule has 0 unspecified atom stereocenters. The molecule has 2 aliphatic heterocycles. The van der Waals surface area contributed by atoms with Gasteiger partial charge >= 0.3 is 0 Å². The van der Waals surface area contributed by atoms with Gasteiger partial charge in [-0.2, -0.15) is 0 Å². The van der Waals surface area contributed by atoms with Crippen molar-refractivity contribution >= 4 is 0 Å². The Morgan fingerprint density at radius 1 is 1.07 bits per heavy atom. The van der Waals surface area contributed by atoms with Crippen LogP contribution in [0.15, 0.2) is 0 Å². The maximum Gasteiger partial charge on any atom is 0.0657 e. The van der Waals surface area contributed by atoms with E-state index in [2.05, 4.69) is 25.7 Å². The minimum absolute atomic E-state index is 0.0143. The third-order valence-corrected chi connectivity index (χ3v) is 3.84. The van der Waals surface area contributed by atoms with Crippen LogP contribution in [-0.4, -0.2) is 35.7 Å². The van der Waals surface area contributed by atoms with Crippen molar-refractivity contribution in [3.63, 3.8) is 0 Å². The van der Waals surface area contributed by atoms with E-state index in [1.165, 1.54) is 45.2 Å². The molecule has 2 heterocycles. The van der Waals surface area contributed by atoms with E-state index in [1.54, 1.807) is 0 Å². The lowest BCUT2D eigenvalue weighted by molar-refractivity contribution is -0.0726. The van der Waals surface area contributed by atoms with Crippen molar-refractivity contribution in [1.82, 2.24) is 4.90 Å². The Kier molecular flexibility index (Phi) is 3.09. The second kappa shape index (κ2) is 4.06. The zero-order valence-corrected chi connectivity index (χ0v) is 10.5. The highest BCUT2D eigenvalue weighted by Gasteiger charge is 2.42. The Labute approximate surface area is 94.0 Å². The molecule has 0 bridgehead atoms. The molecular formula is C13H25NO. The lowest BCUT2D eigenvalue weighted by Gasteiger charge is -2.43. The highest BCUT2D eigenvalue weighted by molar-refractivity contribution is 4.98. The first-order chi connectivity index (χ1) is 7.02. The number of ether oxygens (including phenoxy) is 1. The van der Waals surface area contributed by atoms with Crippen LogP contribution in [-0.2, 0) is 4.74 Å². The van der Waals surface area contributed by atoms with E-state index in [-0.39, 0.29) is 5.60 Å². The fourth-order valence-corrected chi connectivity index (χ4v) is 2.97. The molecule has 0 aliphatic carbocycles. The standard InChI is InChI=1S/C13H25NO/c1-12(2,3)15-11-13-7-4-5-9-14(13)10-6-8-13/h4-11H2,1-3H3/t13-/m0/s1. The van der Waals surface area contributed by atoms with Gasteiger partial charge in [0.05, 0.1) is 12.2 Å². The van der Waals surface area contributed by atoms with Crippen LogP contribution < -0.4 is 0 Å². The average Bonchev–Trinajstić information content (AvgIpc) is 2.57. The van der Waals surface area contributed by atoms with Gasteiger partial charge in [-0.15, -0.1) is 0 Å². The van der Waals surface area contributed by atoms with Crippen LogP contribution in [0.2, 0.25) is 0 Å². The van der Waals surface area contributed by atoms with Crippen molar-refractivity contribution < 1.29 is 4.74 Å². The van der Waals surface area contributed by atoms with Gasteiger partial charge < -0.3 is 4.74 Å². The zero-order chi connectivity index (χ0) is 10.9. The molecule has 2 rings (SSSR count). The molecule has 2 nitrogen and oxygen atoms in total. The Morgan fingerprint density at radius 3 is 2.47 bits per heavy atom. The molecule has 2 aliphatic rings. The molecule has 0 N–H and O–H groups in total. The molecule has 2 fully saturated rings. The van der Waals surface area contributed by atoms with Crippen LogP contribution in [0.4, 0.5) is 0 Å². The van der Waals surface area contributed by atoms with Gasteiger partial charge in [0.15, 0.2) is 0 Å². The van der Waals surface area contributed by atoms with Gasteiger partial charge in [-0.1, -0.05) is 6.42 Å². The normalized spacial score (nSPS) is 33.0. The van der Waals surface area contributed by atoms with E-state index in [0.29, 0.717) is 5.54 Å².